The molecule has 1 saturated carbocycles. The second-order valence-corrected chi connectivity index (χ2v) is 7.81. The van der Waals surface area contributed by atoms with E-state index in [0.717, 1.165) is 19.4 Å². The molecule has 0 radical (unpaired) electrons. The number of esters is 1. The van der Waals surface area contributed by atoms with Crippen LogP contribution in [-0.2, 0) is 9.53 Å². The van der Waals surface area contributed by atoms with Crippen LogP contribution < -0.4 is 9.47 Å². The summed E-state index contributed by atoms with van der Waals surface area (Å²) in [5.41, 5.74) is 0.256. The third kappa shape index (κ3) is 3.86. The van der Waals surface area contributed by atoms with Gasteiger partial charge < -0.3 is 19.1 Å². The monoisotopic (exact) mass is 393 g/mol. The molecule has 2 fully saturated rings. The highest BCUT2D eigenvalue weighted by Gasteiger charge is 2.35. The number of halogens is 1. The highest BCUT2D eigenvalue weighted by molar-refractivity contribution is 6.32. The first kappa shape index (κ1) is 18.4. The summed E-state index contributed by atoms with van der Waals surface area (Å²) in [5.74, 6) is 0.770. The number of fused-ring (bicyclic) bond motifs is 2. The molecule has 1 aliphatic carbocycles. The molecule has 0 bridgehead atoms. The third-order valence-electron chi connectivity index (χ3n) is 5.72. The third-order valence-corrected chi connectivity index (χ3v) is 6.00. The lowest BCUT2D eigenvalue weighted by atomic mass is 9.78. The van der Waals surface area contributed by atoms with E-state index in [9.17, 15) is 9.59 Å². The molecule has 4 rings (SSSR count). The first-order chi connectivity index (χ1) is 13.1. The number of carbonyl (C=O) groups excluding carboxylic acids is 2. The van der Waals surface area contributed by atoms with Crippen molar-refractivity contribution in [1.29, 1.82) is 0 Å². The average molecular weight is 394 g/mol. The summed E-state index contributed by atoms with van der Waals surface area (Å²) >= 11 is 6.16. The van der Waals surface area contributed by atoms with E-state index in [-0.39, 0.29) is 18.1 Å². The summed E-state index contributed by atoms with van der Waals surface area (Å²) in [6.45, 7) is 1.34. The lowest BCUT2D eigenvalue weighted by molar-refractivity contribution is -0.140. The molecular formula is C20H24ClNO5. The Morgan fingerprint density at radius 2 is 1.89 bits per heavy atom. The molecule has 6 nitrogen and oxygen atoms in total. The number of likely N-dealkylation sites (tertiary alicyclic amines) is 1. The van der Waals surface area contributed by atoms with Crippen LogP contribution in [-0.4, -0.2) is 49.2 Å². The smallest absolute Gasteiger partial charge is 0.338 e. The fourth-order valence-corrected chi connectivity index (χ4v) is 4.72. The van der Waals surface area contributed by atoms with Crippen molar-refractivity contribution >= 4 is 23.5 Å². The minimum absolute atomic E-state index is 0.108. The lowest BCUT2D eigenvalue weighted by Gasteiger charge is -2.44. The quantitative estimate of drug-likeness (QED) is 0.736. The minimum atomic E-state index is -0.584. The standard InChI is InChI=1S/C20H24ClNO5/c21-15-10-14(11-17-19(15)26-9-8-25-17)20(24)27-12-18(23)22-7-3-5-13-4-1-2-6-16(13)22/h10-11,13,16H,1-9,12H2/t13-,16-/m0/s1. The molecule has 0 spiro atoms. The van der Waals surface area contributed by atoms with E-state index in [0.29, 0.717) is 41.7 Å². The SMILES string of the molecule is O=C(OCC(=O)N1CCC[C@@H]2CCCC[C@@H]21)c1cc(Cl)c2c(c1)OCCO2. The van der Waals surface area contributed by atoms with Crippen molar-refractivity contribution in [3.63, 3.8) is 0 Å². The van der Waals surface area contributed by atoms with E-state index in [2.05, 4.69) is 0 Å². The van der Waals surface area contributed by atoms with E-state index in [4.69, 9.17) is 25.8 Å². The molecule has 2 atom stereocenters. The van der Waals surface area contributed by atoms with Crippen LogP contribution >= 0.6 is 11.6 Å². The maximum absolute atomic E-state index is 12.7. The molecule has 146 valence electrons. The number of ether oxygens (including phenoxy) is 3. The predicted octanol–water partition coefficient (Wildman–Crippen LogP) is 3.45. The van der Waals surface area contributed by atoms with Crippen LogP contribution in [0.2, 0.25) is 5.02 Å². The molecule has 1 aromatic rings. The van der Waals surface area contributed by atoms with E-state index in [1.54, 1.807) is 6.07 Å². The normalized spacial score (nSPS) is 24.1. The van der Waals surface area contributed by atoms with E-state index in [1.807, 2.05) is 4.90 Å². The summed E-state index contributed by atoms with van der Waals surface area (Å²) in [6.07, 6.45) is 6.90. The van der Waals surface area contributed by atoms with Crippen LogP contribution in [0.5, 0.6) is 11.5 Å². The molecule has 3 aliphatic rings. The fraction of sp³-hybridized carbons (Fsp3) is 0.600. The van der Waals surface area contributed by atoms with Crippen LogP contribution in [0.1, 0.15) is 48.9 Å². The van der Waals surface area contributed by atoms with Crippen LogP contribution in [0.25, 0.3) is 0 Å². The van der Waals surface area contributed by atoms with E-state index in [1.165, 1.54) is 31.7 Å². The van der Waals surface area contributed by atoms with Gasteiger partial charge in [0.2, 0.25) is 0 Å². The van der Waals surface area contributed by atoms with E-state index >= 15 is 0 Å². The molecule has 2 aliphatic heterocycles. The Bertz CT molecular complexity index is 735. The summed E-state index contributed by atoms with van der Waals surface area (Å²) in [6, 6.07) is 3.34. The maximum Gasteiger partial charge on any atom is 0.338 e. The topological polar surface area (TPSA) is 65.1 Å². The molecule has 7 heteroatoms. The lowest BCUT2D eigenvalue weighted by Crippen LogP contribution is -2.50. The maximum atomic E-state index is 12.7. The second kappa shape index (κ2) is 7.97. The van der Waals surface area contributed by atoms with Crippen molar-refractivity contribution in [3.8, 4) is 11.5 Å². The number of hydrogen-bond donors (Lipinski definition) is 0. The first-order valence-corrected chi connectivity index (χ1v) is 10.1. The zero-order valence-electron chi connectivity index (χ0n) is 15.2. The van der Waals surface area contributed by atoms with Gasteiger partial charge in [-0.1, -0.05) is 24.4 Å². The van der Waals surface area contributed by atoms with Gasteiger partial charge >= 0.3 is 5.97 Å². The molecule has 0 aromatic heterocycles. The van der Waals surface area contributed by atoms with Crippen molar-refractivity contribution in [1.82, 2.24) is 4.90 Å². The summed E-state index contributed by atoms with van der Waals surface area (Å²) < 4.78 is 16.2. The molecule has 0 N–H and O–H groups in total. The van der Waals surface area contributed by atoms with Gasteiger partial charge in [0.15, 0.2) is 18.1 Å². The van der Waals surface area contributed by atoms with Gasteiger partial charge in [-0.05, 0) is 43.7 Å². The van der Waals surface area contributed by atoms with Crippen molar-refractivity contribution < 1.29 is 23.8 Å². The van der Waals surface area contributed by atoms with Gasteiger partial charge in [0.1, 0.15) is 13.2 Å². The number of nitrogens with zero attached hydrogens (tertiary/aromatic N) is 1. The first-order valence-electron chi connectivity index (χ1n) is 9.69. The molecule has 1 amide bonds. The molecule has 1 saturated heterocycles. The Kier molecular flexibility index (Phi) is 5.43. The van der Waals surface area contributed by atoms with Gasteiger partial charge in [-0.15, -0.1) is 0 Å². The number of piperidine rings is 1. The Morgan fingerprint density at radius 3 is 2.78 bits per heavy atom. The summed E-state index contributed by atoms with van der Waals surface area (Å²) in [7, 11) is 0. The number of rotatable bonds is 3. The van der Waals surface area contributed by atoms with Crippen molar-refractivity contribution in [2.45, 2.75) is 44.6 Å². The minimum Gasteiger partial charge on any atom is -0.486 e. The molecule has 2 heterocycles. The van der Waals surface area contributed by atoms with Gasteiger partial charge in [-0.2, -0.15) is 0 Å². The highest BCUT2D eigenvalue weighted by atomic mass is 35.5. The fourth-order valence-electron chi connectivity index (χ4n) is 4.46. The number of benzene rings is 1. The Balaban J connectivity index is 1.39. The van der Waals surface area contributed by atoms with Gasteiger partial charge in [-0.25, -0.2) is 4.79 Å². The largest absolute Gasteiger partial charge is 0.486 e. The van der Waals surface area contributed by atoms with Crippen LogP contribution in [0.4, 0.5) is 0 Å². The summed E-state index contributed by atoms with van der Waals surface area (Å²) in [4.78, 5) is 27.0. The number of hydrogen-bond acceptors (Lipinski definition) is 5. The van der Waals surface area contributed by atoms with Crippen LogP contribution in [0, 0.1) is 5.92 Å². The van der Waals surface area contributed by atoms with Gasteiger partial charge in [-0.3, -0.25) is 4.79 Å². The molecule has 1 aromatic carbocycles. The average Bonchev–Trinajstić information content (AvgIpc) is 2.71. The molecule has 0 unspecified atom stereocenters. The Hall–Kier alpha value is -1.95. The van der Waals surface area contributed by atoms with Gasteiger partial charge in [0, 0.05) is 12.6 Å². The van der Waals surface area contributed by atoms with Gasteiger partial charge in [0.05, 0.1) is 10.6 Å². The Morgan fingerprint density at radius 1 is 1.11 bits per heavy atom. The molecular weight excluding hydrogens is 370 g/mol. The number of amides is 1. The van der Waals surface area contributed by atoms with Crippen LogP contribution in [0.3, 0.4) is 0 Å². The zero-order valence-corrected chi connectivity index (χ0v) is 16.0. The predicted molar refractivity (Wildman–Crippen MR) is 99.4 cm³/mol. The van der Waals surface area contributed by atoms with Crippen molar-refractivity contribution in [2.24, 2.45) is 5.92 Å². The van der Waals surface area contributed by atoms with Crippen LogP contribution in [0.15, 0.2) is 12.1 Å². The second-order valence-electron chi connectivity index (χ2n) is 7.40. The number of carbonyl (C=O) groups is 2. The highest BCUT2D eigenvalue weighted by Crippen LogP contribution is 2.38. The van der Waals surface area contributed by atoms with Gasteiger partial charge in [0.25, 0.3) is 5.91 Å². The Labute approximate surface area is 163 Å². The van der Waals surface area contributed by atoms with Crippen molar-refractivity contribution in [3.05, 3.63) is 22.7 Å². The zero-order chi connectivity index (χ0) is 18.8. The van der Waals surface area contributed by atoms with E-state index < -0.39 is 5.97 Å². The van der Waals surface area contributed by atoms with Crippen molar-refractivity contribution in [2.75, 3.05) is 26.4 Å². The molecule has 27 heavy (non-hydrogen) atoms. The summed E-state index contributed by atoms with van der Waals surface area (Å²) in [5, 5.41) is 0.298.